The normalized spacial score (nSPS) is 19.2. The van der Waals surface area contributed by atoms with Gasteiger partial charge in [-0.3, -0.25) is 4.79 Å². The first-order chi connectivity index (χ1) is 8.60. The molecule has 0 bridgehead atoms. The van der Waals surface area contributed by atoms with Crippen molar-refractivity contribution in [3.05, 3.63) is 0 Å². The first-order valence-corrected chi connectivity index (χ1v) is 6.71. The molecule has 2 amide bonds. The molecule has 1 rings (SSSR count). The molecule has 5 heteroatoms. The highest BCUT2D eigenvalue weighted by atomic mass is 16.5. The van der Waals surface area contributed by atoms with Crippen LogP contribution >= 0.6 is 0 Å². The van der Waals surface area contributed by atoms with E-state index in [1.807, 2.05) is 0 Å². The largest absolute Gasteiger partial charge is 0.379 e. The van der Waals surface area contributed by atoms with Crippen molar-refractivity contribution in [1.29, 1.82) is 0 Å². The molecule has 1 aliphatic rings. The first kappa shape index (κ1) is 15.0. The van der Waals surface area contributed by atoms with Crippen molar-refractivity contribution in [3.63, 3.8) is 0 Å². The Morgan fingerprint density at radius 3 is 2.39 bits per heavy atom. The molecule has 0 unspecified atom stereocenters. The maximum absolute atomic E-state index is 12.1. The maximum Gasteiger partial charge on any atom is 0.318 e. The smallest absolute Gasteiger partial charge is 0.318 e. The van der Waals surface area contributed by atoms with Gasteiger partial charge in [0, 0.05) is 26.6 Å². The topological polar surface area (TPSA) is 58.6 Å². The summed E-state index contributed by atoms with van der Waals surface area (Å²) in [5.74, 6) is 0.00899. The molecule has 18 heavy (non-hydrogen) atoms. The lowest BCUT2D eigenvalue weighted by molar-refractivity contribution is -0.123. The van der Waals surface area contributed by atoms with E-state index in [1.54, 1.807) is 25.9 Å². The second-order valence-electron chi connectivity index (χ2n) is 4.74. The van der Waals surface area contributed by atoms with Crippen LogP contribution in [0.3, 0.4) is 0 Å². The Balaban J connectivity index is 2.58. The van der Waals surface area contributed by atoms with Gasteiger partial charge in [-0.2, -0.15) is 0 Å². The summed E-state index contributed by atoms with van der Waals surface area (Å²) in [5.41, 5.74) is 0. The number of nitrogens with one attached hydrogen (secondary N) is 1. The Kier molecular flexibility index (Phi) is 6.12. The monoisotopic (exact) mass is 256 g/mol. The van der Waals surface area contributed by atoms with E-state index in [0.29, 0.717) is 6.42 Å². The van der Waals surface area contributed by atoms with Crippen LogP contribution in [-0.4, -0.2) is 49.1 Å². The summed E-state index contributed by atoms with van der Waals surface area (Å²) >= 11 is 0. The lowest BCUT2D eigenvalue weighted by atomic mass is 10.1. The molecular weight excluding hydrogens is 232 g/mol. The zero-order valence-corrected chi connectivity index (χ0v) is 11.6. The first-order valence-electron chi connectivity index (χ1n) is 6.71. The number of urea groups is 1. The van der Waals surface area contributed by atoms with Gasteiger partial charge in [-0.25, -0.2) is 4.79 Å². The summed E-state index contributed by atoms with van der Waals surface area (Å²) in [5, 5.41) is 2.80. The minimum absolute atomic E-state index is 0.00899. The Morgan fingerprint density at radius 2 is 1.89 bits per heavy atom. The highest BCUT2D eigenvalue weighted by Gasteiger charge is 2.27. The van der Waals surface area contributed by atoms with Gasteiger partial charge >= 0.3 is 6.03 Å². The molecule has 0 aliphatic carbocycles. The zero-order valence-electron chi connectivity index (χ0n) is 11.6. The predicted molar refractivity (Wildman–Crippen MR) is 69.5 cm³/mol. The van der Waals surface area contributed by atoms with Crippen molar-refractivity contribution in [3.8, 4) is 0 Å². The molecule has 0 saturated carbocycles. The average molecular weight is 256 g/mol. The van der Waals surface area contributed by atoms with Crippen LogP contribution in [0.1, 0.15) is 39.5 Å². The highest BCUT2D eigenvalue weighted by Crippen LogP contribution is 2.10. The Bertz CT molecular complexity index is 288. The van der Waals surface area contributed by atoms with Crippen LogP contribution in [0, 0.1) is 0 Å². The van der Waals surface area contributed by atoms with Gasteiger partial charge in [-0.1, -0.05) is 6.92 Å². The third-order valence-corrected chi connectivity index (χ3v) is 3.46. The number of Topliss-reactive ketones (excluding diaryl/α,β-unsaturated/α-hetero) is 1. The molecule has 1 heterocycles. The number of ketones is 1. The third-order valence-electron chi connectivity index (χ3n) is 3.46. The van der Waals surface area contributed by atoms with Crippen LogP contribution in [0.5, 0.6) is 0 Å². The average Bonchev–Trinajstić information content (AvgIpc) is 2.43. The fourth-order valence-corrected chi connectivity index (χ4v) is 2.14. The van der Waals surface area contributed by atoms with Crippen LogP contribution in [0.15, 0.2) is 0 Å². The standard InChI is InChI=1S/C13H24N2O3/c1-4-11(16)12(10(2)18-3)14-13(17)15-8-6-5-7-9-15/h10,12H,4-9H2,1-3H3,(H,14,17)/t10-,12+/m1/s1. The van der Waals surface area contributed by atoms with Crippen molar-refractivity contribution in [2.75, 3.05) is 20.2 Å². The van der Waals surface area contributed by atoms with Crippen LogP contribution in [0.25, 0.3) is 0 Å². The molecule has 5 nitrogen and oxygen atoms in total. The number of carbonyl (C=O) groups is 2. The molecule has 0 aromatic carbocycles. The van der Waals surface area contributed by atoms with E-state index in [4.69, 9.17) is 4.74 Å². The lowest BCUT2D eigenvalue weighted by Gasteiger charge is -2.30. The van der Waals surface area contributed by atoms with Crippen molar-refractivity contribution < 1.29 is 14.3 Å². The molecule has 1 N–H and O–H groups in total. The summed E-state index contributed by atoms with van der Waals surface area (Å²) in [4.78, 5) is 25.7. The Hall–Kier alpha value is -1.10. The number of likely N-dealkylation sites (tertiary alicyclic amines) is 1. The number of hydrogen-bond acceptors (Lipinski definition) is 3. The number of methoxy groups -OCH3 is 1. The number of hydrogen-bond donors (Lipinski definition) is 1. The molecule has 0 aromatic heterocycles. The van der Waals surface area contributed by atoms with E-state index in [0.717, 1.165) is 25.9 Å². The van der Waals surface area contributed by atoms with E-state index >= 15 is 0 Å². The minimum Gasteiger partial charge on any atom is -0.379 e. The van der Waals surface area contributed by atoms with Gasteiger partial charge in [-0.05, 0) is 26.2 Å². The quantitative estimate of drug-likeness (QED) is 0.812. The molecule has 2 atom stereocenters. The van der Waals surface area contributed by atoms with Crippen molar-refractivity contribution in [2.45, 2.75) is 51.7 Å². The van der Waals surface area contributed by atoms with Gasteiger partial charge < -0.3 is 15.0 Å². The van der Waals surface area contributed by atoms with Gasteiger partial charge in [-0.15, -0.1) is 0 Å². The second-order valence-corrected chi connectivity index (χ2v) is 4.74. The fraction of sp³-hybridized carbons (Fsp3) is 0.846. The van der Waals surface area contributed by atoms with Crippen LogP contribution in [0.4, 0.5) is 4.79 Å². The molecule has 0 aromatic rings. The number of carbonyl (C=O) groups excluding carboxylic acids is 2. The molecule has 104 valence electrons. The Labute approximate surface area is 109 Å². The van der Waals surface area contributed by atoms with Gasteiger partial charge in [0.05, 0.1) is 6.10 Å². The van der Waals surface area contributed by atoms with E-state index in [1.165, 1.54) is 6.42 Å². The van der Waals surface area contributed by atoms with Crippen LogP contribution < -0.4 is 5.32 Å². The summed E-state index contributed by atoms with van der Waals surface area (Å²) in [6, 6.07) is -0.695. The fourth-order valence-electron chi connectivity index (χ4n) is 2.14. The molecule has 1 saturated heterocycles. The van der Waals surface area contributed by atoms with Gasteiger partial charge in [0.1, 0.15) is 6.04 Å². The summed E-state index contributed by atoms with van der Waals surface area (Å²) < 4.78 is 5.17. The van der Waals surface area contributed by atoms with Crippen molar-refractivity contribution in [1.82, 2.24) is 10.2 Å². The summed E-state index contributed by atoms with van der Waals surface area (Å²) in [6.45, 7) is 5.15. The zero-order chi connectivity index (χ0) is 13.5. The second kappa shape index (κ2) is 7.36. The van der Waals surface area contributed by atoms with E-state index in [9.17, 15) is 9.59 Å². The van der Waals surface area contributed by atoms with Crippen LogP contribution in [-0.2, 0) is 9.53 Å². The molecular formula is C13H24N2O3. The van der Waals surface area contributed by atoms with Crippen molar-refractivity contribution in [2.24, 2.45) is 0 Å². The third kappa shape index (κ3) is 3.98. The lowest BCUT2D eigenvalue weighted by Crippen LogP contribution is -2.53. The SMILES string of the molecule is CCC(=O)[C@@H](NC(=O)N1CCCCC1)[C@@H](C)OC. The summed E-state index contributed by atoms with van der Waals surface area (Å²) in [7, 11) is 1.55. The van der Waals surface area contributed by atoms with E-state index in [2.05, 4.69) is 5.32 Å². The van der Waals surface area contributed by atoms with Crippen LogP contribution in [0.2, 0.25) is 0 Å². The number of nitrogens with zero attached hydrogens (tertiary/aromatic N) is 1. The number of ether oxygens (including phenoxy) is 1. The van der Waals surface area contributed by atoms with Gasteiger partial charge in [0.15, 0.2) is 5.78 Å². The molecule has 1 fully saturated rings. The summed E-state index contributed by atoms with van der Waals surface area (Å²) in [6.07, 6.45) is 3.36. The highest BCUT2D eigenvalue weighted by molar-refractivity contribution is 5.88. The number of piperidine rings is 1. The van der Waals surface area contributed by atoms with E-state index in [-0.39, 0.29) is 17.9 Å². The van der Waals surface area contributed by atoms with Gasteiger partial charge in [0.2, 0.25) is 0 Å². The van der Waals surface area contributed by atoms with Crippen molar-refractivity contribution >= 4 is 11.8 Å². The van der Waals surface area contributed by atoms with E-state index < -0.39 is 6.04 Å². The predicted octanol–water partition coefficient (Wildman–Crippen LogP) is 1.56. The number of amides is 2. The number of rotatable bonds is 5. The molecule has 1 aliphatic heterocycles. The molecule has 0 radical (unpaired) electrons. The molecule has 0 spiro atoms. The Morgan fingerprint density at radius 1 is 1.28 bits per heavy atom. The maximum atomic E-state index is 12.1. The van der Waals surface area contributed by atoms with Gasteiger partial charge in [0.25, 0.3) is 0 Å². The minimum atomic E-state index is -0.547.